The van der Waals surface area contributed by atoms with Crippen molar-refractivity contribution in [3.05, 3.63) is 59.9 Å². The number of halogens is 1. The average molecular weight is 482 g/mol. The van der Waals surface area contributed by atoms with E-state index in [0.717, 1.165) is 17.5 Å². The van der Waals surface area contributed by atoms with E-state index in [1.807, 2.05) is 6.92 Å². The fraction of sp³-hybridized carbons (Fsp3) is 0.318. The number of rotatable bonds is 10. The number of hydrogen-bond donors (Lipinski definition) is 3. The number of hydrogen-bond acceptors (Lipinski definition) is 8. The van der Waals surface area contributed by atoms with Crippen LogP contribution in [0.5, 0.6) is 5.75 Å². The van der Waals surface area contributed by atoms with Gasteiger partial charge in [-0.25, -0.2) is 4.39 Å². The number of oxazole rings is 1. The Hall–Kier alpha value is -2.99. The smallest absolute Gasteiger partial charge is 0.295 e. The Morgan fingerprint density at radius 3 is 2.61 bits per heavy atom. The summed E-state index contributed by atoms with van der Waals surface area (Å²) in [7, 11) is -2.36. The van der Waals surface area contributed by atoms with Gasteiger partial charge in [0.1, 0.15) is 17.9 Å². The van der Waals surface area contributed by atoms with Crippen molar-refractivity contribution in [1.29, 1.82) is 0 Å². The molecular weight excluding hydrogens is 453 g/mol. The van der Waals surface area contributed by atoms with E-state index in [1.54, 1.807) is 37.4 Å². The lowest BCUT2D eigenvalue weighted by Gasteiger charge is -2.06. The van der Waals surface area contributed by atoms with Gasteiger partial charge in [-0.1, -0.05) is 17.7 Å². The predicted octanol–water partition coefficient (Wildman–Crippen LogP) is 3.71. The van der Waals surface area contributed by atoms with Crippen LogP contribution in [0.2, 0.25) is 0 Å². The van der Waals surface area contributed by atoms with Gasteiger partial charge in [-0.2, -0.15) is 13.4 Å². The van der Waals surface area contributed by atoms with Crippen LogP contribution >= 0.6 is 0 Å². The van der Waals surface area contributed by atoms with Crippen molar-refractivity contribution < 1.29 is 31.3 Å². The maximum Gasteiger partial charge on any atom is 0.295 e. The Labute approximate surface area is 192 Å². The average Bonchev–Trinajstić information content (AvgIpc) is 3.20. The van der Waals surface area contributed by atoms with Crippen molar-refractivity contribution in [3.63, 3.8) is 0 Å². The molecule has 2 aromatic carbocycles. The summed E-state index contributed by atoms with van der Waals surface area (Å²) >= 11 is 0. The van der Waals surface area contributed by atoms with Gasteiger partial charge in [0.2, 0.25) is 0 Å². The first kappa shape index (κ1) is 26.3. The molecule has 0 fully saturated rings. The van der Waals surface area contributed by atoms with Crippen molar-refractivity contribution in [2.75, 3.05) is 38.7 Å². The van der Waals surface area contributed by atoms with Crippen LogP contribution in [-0.4, -0.2) is 51.4 Å². The van der Waals surface area contributed by atoms with E-state index < -0.39 is 10.1 Å². The summed E-state index contributed by atoms with van der Waals surface area (Å²) in [6, 6.07) is 11.7. The van der Waals surface area contributed by atoms with Crippen LogP contribution in [0.4, 0.5) is 10.4 Å². The highest BCUT2D eigenvalue weighted by Gasteiger charge is 2.08. The van der Waals surface area contributed by atoms with E-state index in [4.69, 9.17) is 24.2 Å². The standard InChI is InChI=1S/C15H20FN3O3.C7H8O3S/c1-20-6-2-5-18-15-19-13-4-3-12(7-14(13)22-15)21-10-11(8-16)9-17;1-6-2-4-7(5-3-6)11(8,9)10/h3-4,7-8H,2,5-6,9-10,17H2,1H3,(H,18,19);2-5H,1H3,(H,8,9,10). The number of nitrogens with one attached hydrogen (secondary N) is 1. The number of benzene rings is 2. The van der Waals surface area contributed by atoms with Gasteiger partial charge in [-0.3, -0.25) is 4.55 Å². The maximum absolute atomic E-state index is 12.4. The zero-order valence-corrected chi connectivity index (χ0v) is 19.3. The molecule has 0 aliphatic heterocycles. The molecular formula is C22H28FN3O6S. The first-order valence-electron chi connectivity index (χ1n) is 10.1. The lowest BCUT2D eigenvalue weighted by molar-refractivity contribution is 0.197. The van der Waals surface area contributed by atoms with Crippen LogP contribution in [0.1, 0.15) is 12.0 Å². The Kier molecular flexibility index (Phi) is 10.3. The predicted molar refractivity (Wildman–Crippen MR) is 124 cm³/mol. The van der Waals surface area contributed by atoms with Crippen molar-refractivity contribution in [3.8, 4) is 5.75 Å². The quantitative estimate of drug-likeness (QED) is 0.292. The zero-order valence-electron chi connectivity index (χ0n) is 18.5. The molecule has 0 bridgehead atoms. The zero-order chi connectivity index (χ0) is 24.3. The number of aryl methyl sites for hydroxylation is 1. The van der Waals surface area contributed by atoms with Crippen molar-refractivity contribution in [2.24, 2.45) is 5.73 Å². The van der Waals surface area contributed by atoms with Crippen molar-refractivity contribution in [2.45, 2.75) is 18.2 Å². The van der Waals surface area contributed by atoms with E-state index in [9.17, 15) is 12.8 Å². The summed E-state index contributed by atoms with van der Waals surface area (Å²) in [5.74, 6) is 0.572. The van der Waals surface area contributed by atoms with Crippen molar-refractivity contribution in [1.82, 2.24) is 4.98 Å². The summed E-state index contributed by atoms with van der Waals surface area (Å²) in [6.07, 6.45) is 1.33. The fourth-order valence-corrected chi connectivity index (χ4v) is 2.98. The largest absolute Gasteiger partial charge is 0.489 e. The highest BCUT2D eigenvalue weighted by Crippen LogP contribution is 2.24. The topological polar surface area (TPSA) is 137 Å². The minimum atomic E-state index is -4.02. The second kappa shape index (κ2) is 12.9. The second-order valence-electron chi connectivity index (χ2n) is 6.97. The number of ether oxygens (including phenoxy) is 2. The lowest BCUT2D eigenvalue weighted by Crippen LogP contribution is -2.10. The van der Waals surface area contributed by atoms with E-state index in [0.29, 0.717) is 42.4 Å². The Bertz CT molecular complexity index is 1150. The van der Waals surface area contributed by atoms with Crippen LogP contribution in [0.15, 0.2) is 63.7 Å². The molecule has 11 heteroatoms. The number of fused-ring (bicyclic) bond motifs is 1. The van der Waals surface area contributed by atoms with Crippen LogP contribution in [-0.2, 0) is 14.9 Å². The molecule has 0 unspecified atom stereocenters. The van der Waals surface area contributed by atoms with Crippen LogP contribution in [0.3, 0.4) is 0 Å². The van der Waals surface area contributed by atoms with Crippen LogP contribution in [0.25, 0.3) is 11.1 Å². The molecule has 9 nitrogen and oxygen atoms in total. The van der Waals surface area contributed by atoms with Crippen LogP contribution < -0.4 is 15.8 Å². The third-order valence-electron chi connectivity index (χ3n) is 4.32. The summed E-state index contributed by atoms with van der Waals surface area (Å²) in [4.78, 5) is 4.25. The molecule has 0 aliphatic carbocycles. The van der Waals surface area contributed by atoms with Gasteiger partial charge in [0, 0.05) is 38.4 Å². The molecule has 1 heterocycles. The molecule has 0 saturated carbocycles. The van der Waals surface area contributed by atoms with E-state index in [1.165, 1.54) is 12.1 Å². The monoisotopic (exact) mass is 481 g/mol. The molecule has 4 N–H and O–H groups in total. The molecule has 0 saturated heterocycles. The van der Waals surface area contributed by atoms with E-state index in [2.05, 4.69) is 10.3 Å². The number of anilines is 1. The number of aromatic nitrogens is 1. The van der Waals surface area contributed by atoms with Gasteiger partial charge in [-0.15, -0.1) is 0 Å². The highest BCUT2D eigenvalue weighted by atomic mass is 32.2. The molecule has 0 aliphatic rings. The Morgan fingerprint density at radius 2 is 2.00 bits per heavy atom. The molecule has 33 heavy (non-hydrogen) atoms. The summed E-state index contributed by atoms with van der Waals surface area (Å²) in [5.41, 5.74) is 8.04. The summed E-state index contributed by atoms with van der Waals surface area (Å²) in [5, 5.41) is 3.08. The maximum atomic E-state index is 12.4. The summed E-state index contributed by atoms with van der Waals surface area (Å²) < 4.78 is 58.0. The van der Waals surface area contributed by atoms with Gasteiger partial charge in [0.15, 0.2) is 5.58 Å². The third-order valence-corrected chi connectivity index (χ3v) is 5.19. The molecule has 0 amide bonds. The normalized spacial score (nSPS) is 11.7. The van der Waals surface area contributed by atoms with Gasteiger partial charge in [0.25, 0.3) is 16.1 Å². The molecule has 180 valence electrons. The Morgan fingerprint density at radius 1 is 1.27 bits per heavy atom. The summed E-state index contributed by atoms with van der Waals surface area (Å²) in [6.45, 7) is 3.46. The molecule has 0 atom stereocenters. The first-order valence-corrected chi connectivity index (χ1v) is 11.5. The highest BCUT2D eigenvalue weighted by molar-refractivity contribution is 7.85. The minimum absolute atomic E-state index is 0.0666. The molecule has 0 radical (unpaired) electrons. The van der Waals surface area contributed by atoms with Crippen LogP contribution in [0, 0.1) is 6.92 Å². The molecule has 3 aromatic rings. The van der Waals surface area contributed by atoms with Gasteiger partial charge in [-0.05, 0) is 37.6 Å². The van der Waals surface area contributed by atoms with E-state index >= 15 is 0 Å². The first-order chi connectivity index (χ1) is 15.8. The number of methoxy groups -OCH3 is 1. The lowest BCUT2D eigenvalue weighted by atomic mass is 10.2. The van der Waals surface area contributed by atoms with Gasteiger partial charge in [0.05, 0.1) is 11.2 Å². The van der Waals surface area contributed by atoms with Gasteiger partial charge >= 0.3 is 0 Å². The molecule has 1 aromatic heterocycles. The van der Waals surface area contributed by atoms with E-state index in [-0.39, 0.29) is 18.0 Å². The second-order valence-corrected chi connectivity index (χ2v) is 8.39. The third kappa shape index (κ3) is 8.81. The Balaban J connectivity index is 0.000000294. The number of nitrogens with zero attached hydrogens (tertiary/aromatic N) is 1. The number of nitrogens with two attached hydrogens (primary N) is 1. The fourth-order valence-electron chi connectivity index (χ4n) is 2.50. The SMILES string of the molecule is COCCCNc1nc2ccc(OCC(=CF)CN)cc2o1.Cc1ccc(S(=O)(=O)O)cc1. The molecule has 0 spiro atoms. The van der Waals surface area contributed by atoms with Crippen molar-refractivity contribution >= 4 is 27.2 Å². The molecule has 3 rings (SSSR count). The minimum Gasteiger partial charge on any atom is -0.489 e. The van der Waals surface area contributed by atoms with Gasteiger partial charge < -0.3 is 24.9 Å².